The highest BCUT2D eigenvalue weighted by molar-refractivity contribution is 5.98. The van der Waals surface area contributed by atoms with Gasteiger partial charge in [0.1, 0.15) is 0 Å². The molecule has 0 bridgehead atoms. The molecule has 126 valence electrons. The minimum Gasteiger partial charge on any atom is -0.490 e. The first-order chi connectivity index (χ1) is 11.5. The minimum absolute atomic E-state index is 0.0546. The van der Waals surface area contributed by atoms with Gasteiger partial charge < -0.3 is 14.8 Å². The summed E-state index contributed by atoms with van der Waals surface area (Å²) in [6.45, 7) is 5.54. The van der Waals surface area contributed by atoms with E-state index in [-0.39, 0.29) is 11.7 Å². The lowest BCUT2D eigenvalue weighted by Crippen LogP contribution is -2.30. The van der Waals surface area contributed by atoms with Crippen LogP contribution < -0.4 is 14.8 Å². The van der Waals surface area contributed by atoms with Gasteiger partial charge in [-0.1, -0.05) is 24.3 Å². The number of rotatable bonds is 7. The van der Waals surface area contributed by atoms with Gasteiger partial charge in [0.05, 0.1) is 6.61 Å². The Hall–Kier alpha value is -2.82. The molecule has 0 fully saturated rings. The van der Waals surface area contributed by atoms with Crippen molar-refractivity contribution in [1.29, 1.82) is 0 Å². The second-order valence-electron chi connectivity index (χ2n) is 5.27. The largest absolute Gasteiger partial charge is 0.490 e. The van der Waals surface area contributed by atoms with E-state index < -0.39 is 6.10 Å². The van der Waals surface area contributed by atoms with E-state index in [1.165, 1.54) is 6.92 Å². The first-order valence-electron chi connectivity index (χ1n) is 7.81. The molecule has 1 atom stereocenters. The zero-order valence-electron chi connectivity index (χ0n) is 14.0. The Kier molecular flexibility index (Phi) is 5.95. The summed E-state index contributed by atoms with van der Waals surface area (Å²) < 4.78 is 11.2. The molecule has 5 heteroatoms. The Balaban J connectivity index is 2.05. The van der Waals surface area contributed by atoms with Crippen LogP contribution in [0.3, 0.4) is 0 Å². The number of nitrogens with one attached hydrogen (secondary N) is 1. The monoisotopic (exact) mass is 327 g/mol. The third-order valence-electron chi connectivity index (χ3n) is 3.36. The molecule has 0 aliphatic heterocycles. The summed E-state index contributed by atoms with van der Waals surface area (Å²) in [4.78, 5) is 23.7. The van der Waals surface area contributed by atoms with Gasteiger partial charge in [-0.25, -0.2) is 0 Å². The molecule has 2 aromatic carbocycles. The van der Waals surface area contributed by atoms with Crippen LogP contribution in [0.5, 0.6) is 11.5 Å². The van der Waals surface area contributed by atoms with Crippen LogP contribution in [0.15, 0.2) is 48.5 Å². The molecule has 0 aliphatic carbocycles. The smallest absolute Gasteiger partial charge is 0.265 e. The molecule has 0 spiro atoms. The minimum atomic E-state index is -0.715. The average molecular weight is 327 g/mol. The molecule has 0 aromatic heterocycles. The van der Waals surface area contributed by atoms with Gasteiger partial charge in [-0.3, -0.25) is 9.59 Å². The van der Waals surface area contributed by atoms with E-state index in [9.17, 15) is 9.59 Å². The fraction of sp³-hybridized carbons (Fsp3) is 0.263. The Morgan fingerprint density at radius 2 is 1.79 bits per heavy atom. The molecule has 0 radical (unpaired) electrons. The summed E-state index contributed by atoms with van der Waals surface area (Å²) in [5, 5.41) is 2.75. The SMILES string of the molecule is CCOc1ccccc1O[C@H](C)C(=O)Nc1cccc(C(C)=O)c1. The van der Waals surface area contributed by atoms with Crippen molar-refractivity contribution in [2.45, 2.75) is 26.9 Å². The van der Waals surface area contributed by atoms with E-state index in [4.69, 9.17) is 9.47 Å². The standard InChI is InChI=1S/C19H21NO4/c1-4-23-17-10-5-6-11-18(17)24-14(3)19(22)20-16-9-7-8-15(12-16)13(2)21/h5-12,14H,4H2,1-3H3,(H,20,22)/t14-/m1/s1. The molecule has 1 N–H and O–H groups in total. The maximum Gasteiger partial charge on any atom is 0.265 e. The molecule has 0 saturated heterocycles. The number of amides is 1. The first-order valence-corrected chi connectivity index (χ1v) is 7.81. The van der Waals surface area contributed by atoms with Gasteiger partial charge in [0.15, 0.2) is 23.4 Å². The molecular formula is C19H21NO4. The van der Waals surface area contributed by atoms with Crippen molar-refractivity contribution >= 4 is 17.4 Å². The summed E-state index contributed by atoms with van der Waals surface area (Å²) in [6, 6.07) is 14.0. The summed E-state index contributed by atoms with van der Waals surface area (Å²) in [7, 11) is 0. The van der Waals surface area contributed by atoms with Crippen molar-refractivity contribution in [3.8, 4) is 11.5 Å². The topological polar surface area (TPSA) is 64.6 Å². The summed E-state index contributed by atoms with van der Waals surface area (Å²) in [5.41, 5.74) is 1.10. The van der Waals surface area contributed by atoms with Crippen molar-refractivity contribution in [2.75, 3.05) is 11.9 Å². The van der Waals surface area contributed by atoms with Crippen LogP contribution in [-0.4, -0.2) is 24.4 Å². The number of anilines is 1. The fourth-order valence-corrected chi connectivity index (χ4v) is 2.13. The van der Waals surface area contributed by atoms with Gasteiger partial charge in [-0.2, -0.15) is 0 Å². The predicted molar refractivity (Wildman–Crippen MR) is 92.8 cm³/mol. The molecule has 0 aliphatic rings. The zero-order chi connectivity index (χ0) is 17.5. The highest BCUT2D eigenvalue weighted by Crippen LogP contribution is 2.27. The van der Waals surface area contributed by atoms with E-state index >= 15 is 0 Å². The van der Waals surface area contributed by atoms with Gasteiger partial charge in [-0.15, -0.1) is 0 Å². The number of ether oxygens (including phenoxy) is 2. The van der Waals surface area contributed by atoms with Gasteiger partial charge in [0, 0.05) is 11.3 Å². The van der Waals surface area contributed by atoms with Crippen molar-refractivity contribution in [3.05, 3.63) is 54.1 Å². The van der Waals surface area contributed by atoms with E-state index in [1.54, 1.807) is 43.3 Å². The molecule has 2 rings (SSSR count). The van der Waals surface area contributed by atoms with Crippen molar-refractivity contribution in [3.63, 3.8) is 0 Å². The lowest BCUT2D eigenvalue weighted by molar-refractivity contribution is -0.122. The first kappa shape index (κ1) is 17.5. The number of Topliss-reactive ketones (excluding diaryl/α,β-unsaturated/α-hetero) is 1. The van der Waals surface area contributed by atoms with Crippen molar-refractivity contribution < 1.29 is 19.1 Å². The Morgan fingerprint density at radius 1 is 1.08 bits per heavy atom. The summed E-state index contributed by atoms with van der Waals surface area (Å²) in [5.74, 6) is 0.751. The average Bonchev–Trinajstić information content (AvgIpc) is 2.57. The molecule has 0 unspecified atom stereocenters. The maximum atomic E-state index is 12.3. The quantitative estimate of drug-likeness (QED) is 0.788. The number of ketones is 1. The molecule has 0 saturated carbocycles. The summed E-state index contributed by atoms with van der Waals surface area (Å²) >= 11 is 0. The molecular weight excluding hydrogens is 306 g/mol. The van der Waals surface area contributed by atoms with Crippen LogP contribution >= 0.6 is 0 Å². The molecule has 1 amide bonds. The van der Waals surface area contributed by atoms with Crippen molar-refractivity contribution in [2.24, 2.45) is 0 Å². The van der Waals surface area contributed by atoms with E-state index in [1.807, 2.05) is 19.1 Å². The number of hydrogen-bond donors (Lipinski definition) is 1. The van der Waals surface area contributed by atoms with E-state index in [0.717, 1.165) is 0 Å². The molecule has 2 aromatic rings. The van der Waals surface area contributed by atoms with E-state index in [2.05, 4.69) is 5.32 Å². The predicted octanol–water partition coefficient (Wildman–Crippen LogP) is 3.69. The Morgan fingerprint density at radius 3 is 2.46 bits per heavy atom. The molecule has 0 heterocycles. The maximum absolute atomic E-state index is 12.3. The number of carbonyl (C=O) groups excluding carboxylic acids is 2. The Bertz CT molecular complexity index is 727. The summed E-state index contributed by atoms with van der Waals surface area (Å²) in [6.07, 6.45) is -0.715. The highest BCUT2D eigenvalue weighted by Gasteiger charge is 2.17. The highest BCUT2D eigenvalue weighted by atomic mass is 16.5. The van der Waals surface area contributed by atoms with Gasteiger partial charge in [0.2, 0.25) is 0 Å². The number of benzene rings is 2. The van der Waals surface area contributed by atoms with Crippen LogP contribution in [0.1, 0.15) is 31.1 Å². The van der Waals surface area contributed by atoms with Gasteiger partial charge in [-0.05, 0) is 45.0 Å². The molecule has 24 heavy (non-hydrogen) atoms. The van der Waals surface area contributed by atoms with Crippen LogP contribution in [-0.2, 0) is 4.79 Å². The number of hydrogen-bond acceptors (Lipinski definition) is 4. The van der Waals surface area contributed by atoms with Gasteiger partial charge in [0.25, 0.3) is 5.91 Å². The van der Waals surface area contributed by atoms with Crippen LogP contribution in [0.2, 0.25) is 0 Å². The lowest BCUT2D eigenvalue weighted by atomic mass is 10.1. The molecule has 5 nitrogen and oxygen atoms in total. The lowest BCUT2D eigenvalue weighted by Gasteiger charge is -2.17. The number of carbonyl (C=O) groups is 2. The second-order valence-corrected chi connectivity index (χ2v) is 5.27. The Labute approximate surface area is 141 Å². The van der Waals surface area contributed by atoms with Gasteiger partial charge >= 0.3 is 0 Å². The van der Waals surface area contributed by atoms with Crippen LogP contribution in [0.25, 0.3) is 0 Å². The third-order valence-corrected chi connectivity index (χ3v) is 3.36. The fourth-order valence-electron chi connectivity index (χ4n) is 2.13. The van der Waals surface area contributed by atoms with Crippen molar-refractivity contribution in [1.82, 2.24) is 0 Å². The van der Waals surface area contributed by atoms with Crippen LogP contribution in [0, 0.1) is 0 Å². The zero-order valence-corrected chi connectivity index (χ0v) is 14.0. The number of para-hydroxylation sites is 2. The van der Waals surface area contributed by atoms with E-state index in [0.29, 0.717) is 29.4 Å². The normalized spacial score (nSPS) is 11.5. The van der Waals surface area contributed by atoms with Crippen LogP contribution in [0.4, 0.5) is 5.69 Å². The second kappa shape index (κ2) is 8.15. The third kappa shape index (κ3) is 4.59.